The Hall–Kier alpha value is -4.07. The number of hydrogen-bond donors (Lipinski definition) is 0. The summed E-state index contributed by atoms with van der Waals surface area (Å²) in [7, 11) is 0. The van der Waals surface area contributed by atoms with E-state index in [9.17, 15) is 0 Å². The predicted molar refractivity (Wildman–Crippen MR) is 182 cm³/mol. The molecule has 3 heterocycles. The molecule has 0 unspecified atom stereocenters. The molecule has 6 nitrogen and oxygen atoms in total. The molecule has 0 amide bonds. The average Bonchev–Trinajstić information content (AvgIpc) is 3.69. The Bertz CT molecular complexity index is 1850. The molecule has 224 valence electrons. The van der Waals surface area contributed by atoms with Crippen LogP contribution in [-0.2, 0) is 0 Å². The number of aryl methyl sites for hydroxylation is 1. The number of halogens is 1. The first-order valence-corrected chi connectivity index (χ1v) is 16.5. The first-order valence-electron chi connectivity index (χ1n) is 15.3. The van der Waals surface area contributed by atoms with Crippen molar-refractivity contribution in [3.05, 3.63) is 112 Å². The number of nitrogens with zero attached hydrogens (tertiary/aromatic N) is 5. The van der Waals surface area contributed by atoms with Crippen molar-refractivity contribution >= 4 is 40.8 Å². The van der Waals surface area contributed by atoms with Crippen molar-refractivity contribution in [2.75, 3.05) is 11.4 Å². The Kier molecular flexibility index (Phi) is 9.64. The number of hydrogen-bond acceptors (Lipinski definition) is 6. The van der Waals surface area contributed by atoms with Crippen molar-refractivity contribution < 1.29 is 4.74 Å². The summed E-state index contributed by atoms with van der Waals surface area (Å²) in [5.74, 6) is 2.11. The number of unbranched alkanes of at least 4 members (excludes halogenated alkanes) is 5. The van der Waals surface area contributed by atoms with E-state index in [2.05, 4.69) is 58.5 Å². The summed E-state index contributed by atoms with van der Waals surface area (Å²) in [4.78, 5) is 3.65. The molecule has 0 N–H and O–H groups in total. The molecule has 0 bridgehead atoms. The number of fused-ring (bicyclic) bond motifs is 2. The third kappa shape index (κ3) is 6.69. The fourth-order valence-corrected chi connectivity index (χ4v) is 6.64. The second kappa shape index (κ2) is 14.1. The Labute approximate surface area is 268 Å². The van der Waals surface area contributed by atoms with Crippen LogP contribution in [0.1, 0.15) is 51.1 Å². The van der Waals surface area contributed by atoms with Gasteiger partial charge in [0.15, 0.2) is 11.5 Å². The van der Waals surface area contributed by atoms with Gasteiger partial charge in [-0.25, -0.2) is 0 Å². The second-order valence-corrected chi connectivity index (χ2v) is 12.4. The molecular weight excluding hydrogens is 586 g/mol. The third-order valence-electron chi connectivity index (χ3n) is 7.66. The van der Waals surface area contributed by atoms with E-state index in [0.29, 0.717) is 17.2 Å². The minimum atomic E-state index is 0.643. The molecule has 0 spiro atoms. The fourth-order valence-electron chi connectivity index (χ4n) is 5.40. The monoisotopic (exact) mass is 621 g/mol. The molecule has 44 heavy (non-hydrogen) atoms. The minimum Gasteiger partial charge on any atom is -0.457 e. The minimum absolute atomic E-state index is 0.643. The zero-order chi connectivity index (χ0) is 30.3. The van der Waals surface area contributed by atoms with Gasteiger partial charge in [0.25, 0.3) is 0 Å². The molecule has 0 radical (unpaired) electrons. The highest BCUT2D eigenvalue weighted by molar-refractivity contribution is 8.03. The summed E-state index contributed by atoms with van der Waals surface area (Å²) in [6.45, 7) is 5.24. The maximum atomic E-state index is 6.39. The van der Waals surface area contributed by atoms with Crippen LogP contribution in [0.4, 0.5) is 5.69 Å². The van der Waals surface area contributed by atoms with Crippen molar-refractivity contribution in [1.82, 2.24) is 19.8 Å². The van der Waals surface area contributed by atoms with Gasteiger partial charge in [-0.15, -0.1) is 10.2 Å². The van der Waals surface area contributed by atoms with E-state index in [1.54, 1.807) is 16.3 Å². The lowest BCUT2D eigenvalue weighted by molar-refractivity contribution is 0.484. The Morgan fingerprint density at radius 2 is 1.64 bits per heavy atom. The third-order valence-corrected chi connectivity index (χ3v) is 9.03. The Morgan fingerprint density at radius 1 is 0.864 bits per heavy atom. The molecule has 1 aliphatic heterocycles. The van der Waals surface area contributed by atoms with Crippen molar-refractivity contribution in [3.8, 4) is 22.9 Å². The number of benzene rings is 3. The summed E-state index contributed by atoms with van der Waals surface area (Å²) in [6, 6.07) is 23.7. The lowest BCUT2D eigenvalue weighted by Gasteiger charge is -2.20. The van der Waals surface area contributed by atoms with Gasteiger partial charge in [-0.3, -0.25) is 0 Å². The molecule has 0 saturated carbocycles. The van der Waals surface area contributed by atoms with Gasteiger partial charge in [0.2, 0.25) is 0 Å². The number of rotatable bonds is 12. The molecular formula is C36H36ClN5OS. The molecule has 3 aromatic carbocycles. The SMILES string of the molecule is CCCCCCCCN1/C(=C/C=C/C=c2/c(C)nn3c(-c4ccccc4Oc4ccccc4)nnc23)Sc2ccc(Cl)cc21. The number of para-hydroxylation sites is 2. The van der Waals surface area contributed by atoms with Gasteiger partial charge in [0.1, 0.15) is 11.5 Å². The van der Waals surface area contributed by atoms with E-state index < -0.39 is 0 Å². The van der Waals surface area contributed by atoms with E-state index >= 15 is 0 Å². The number of thioether (sulfide) groups is 1. The number of allylic oxidation sites excluding steroid dienone is 3. The van der Waals surface area contributed by atoms with Crippen molar-refractivity contribution in [2.24, 2.45) is 0 Å². The average molecular weight is 622 g/mol. The van der Waals surface area contributed by atoms with Crippen LogP contribution in [0.5, 0.6) is 11.5 Å². The molecule has 5 aromatic rings. The van der Waals surface area contributed by atoms with E-state index in [-0.39, 0.29) is 0 Å². The number of ether oxygens (including phenoxy) is 1. The number of anilines is 1. The zero-order valence-electron chi connectivity index (χ0n) is 25.1. The quantitative estimate of drug-likeness (QED) is 0.129. The van der Waals surface area contributed by atoms with Crippen LogP contribution in [-0.4, -0.2) is 26.4 Å². The highest BCUT2D eigenvalue weighted by Crippen LogP contribution is 2.47. The molecule has 0 aliphatic carbocycles. The lowest BCUT2D eigenvalue weighted by atomic mass is 10.1. The first-order chi connectivity index (χ1) is 21.6. The lowest BCUT2D eigenvalue weighted by Crippen LogP contribution is -2.19. The van der Waals surface area contributed by atoms with Gasteiger partial charge in [0.05, 0.1) is 22.0 Å². The molecule has 1 aliphatic rings. The van der Waals surface area contributed by atoms with Crippen molar-refractivity contribution in [1.29, 1.82) is 0 Å². The fraction of sp³-hybridized carbons (Fsp3) is 0.250. The molecule has 8 heteroatoms. The summed E-state index contributed by atoms with van der Waals surface area (Å²) >= 11 is 8.18. The number of aromatic nitrogens is 4. The summed E-state index contributed by atoms with van der Waals surface area (Å²) < 4.78 is 7.99. The van der Waals surface area contributed by atoms with Crippen LogP contribution in [0.25, 0.3) is 23.1 Å². The van der Waals surface area contributed by atoms with E-state index in [1.165, 1.54) is 47.7 Å². The first kappa shape index (κ1) is 30.0. The summed E-state index contributed by atoms with van der Waals surface area (Å²) in [6.07, 6.45) is 16.0. The summed E-state index contributed by atoms with van der Waals surface area (Å²) in [5.41, 5.74) is 3.63. The molecule has 2 aromatic heterocycles. The summed E-state index contributed by atoms with van der Waals surface area (Å²) in [5, 5.41) is 16.7. The van der Waals surface area contributed by atoms with Crippen LogP contribution < -0.4 is 14.9 Å². The van der Waals surface area contributed by atoms with Crippen LogP contribution in [0.2, 0.25) is 5.02 Å². The van der Waals surface area contributed by atoms with Crippen LogP contribution >= 0.6 is 23.4 Å². The smallest absolute Gasteiger partial charge is 0.189 e. The van der Waals surface area contributed by atoms with E-state index in [4.69, 9.17) is 21.4 Å². The van der Waals surface area contributed by atoms with Crippen molar-refractivity contribution in [2.45, 2.75) is 57.3 Å². The molecule has 0 fully saturated rings. The highest BCUT2D eigenvalue weighted by Gasteiger charge is 2.24. The van der Waals surface area contributed by atoms with E-state index in [0.717, 1.165) is 40.2 Å². The standard InChI is InChI=1S/C36H36ClN5OS/c1-3-4-5-6-7-15-24-41-31-25-27(37)22-23-33(31)44-34(41)21-14-12-18-29-26(2)40-42-35(29)38-39-36(42)30-19-11-13-20-32(30)43-28-16-9-8-10-17-28/h8-14,16-23,25H,3-7,15,24H2,1-2H3/b14-12+,29-18-,34-21-. The van der Waals surface area contributed by atoms with Gasteiger partial charge >= 0.3 is 0 Å². The zero-order valence-corrected chi connectivity index (χ0v) is 26.7. The normalized spacial score (nSPS) is 14.4. The maximum absolute atomic E-state index is 6.39. The largest absolute Gasteiger partial charge is 0.457 e. The van der Waals surface area contributed by atoms with Gasteiger partial charge < -0.3 is 9.64 Å². The van der Waals surface area contributed by atoms with E-state index in [1.807, 2.05) is 67.6 Å². The second-order valence-electron chi connectivity index (χ2n) is 10.9. The Balaban J connectivity index is 1.23. The van der Waals surface area contributed by atoms with Gasteiger partial charge in [-0.1, -0.05) is 105 Å². The maximum Gasteiger partial charge on any atom is 0.189 e. The molecule has 0 saturated heterocycles. The van der Waals surface area contributed by atoms with Crippen molar-refractivity contribution in [3.63, 3.8) is 0 Å². The molecule has 0 atom stereocenters. The van der Waals surface area contributed by atoms with Gasteiger partial charge in [-0.2, -0.15) is 9.61 Å². The van der Waals surface area contributed by atoms with Crippen LogP contribution in [0, 0.1) is 6.92 Å². The molecule has 6 rings (SSSR count). The van der Waals surface area contributed by atoms with Crippen LogP contribution in [0.3, 0.4) is 0 Å². The van der Waals surface area contributed by atoms with Gasteiger partial charge in [-0.05, 0) is 68.0 Å². The van der Waals surface area contributed by atoms with Gasteiger partial charge in [0, 0.05) is 21.7 Å². The predicted octanol–water partition coefficient (Wildman–Crippen LogP) is 9.42. The topological polar surface area (TPSA) is 55.6 Å². The van der Waals surface area contributed by atoms with Crippen LogP contribution in [0.15, 0.2) is 101 Å². The highest BCUT2D eigenvalue weighted by atomic mass is 35.5. The Morgan fingerprint density at radius 3 is 2.50 bits per heavy atom.